The van der Waals surface area contributed by atoms with Crippen molar-refractivity contribution in [2.45, 2.75) is 25.9 Å². The minimum absolute atomic E-state index is 0.140. The maximum absolute atomic E-state index is 12.8. The molecule has 0 spiro atoms. The lowest BCUT2D eigenvalue weighted by Crippen LogP contribution is -2.31. The average molecular weight is 428 g/mol. The average Bonchev–Trinajstić information content (AvgIpc) is 3.04. The van der Waals surface area contributed by atoms with E-state index in [1.807, 2.05) is 19.9 Å². The predicted octanol–water partition coefficient (Wildman–Crippen LogP) is 3.84. The van der Waals surface area contributed by atoms with E-state index in [0.717, 1.165) is 5.56 Å². The number of ether oxygens (including phenoxy) is 3. The fourth-order valence-corrected chi connectivity index (χ4v) is 3.90. The topological polar surface area (TPSA) is 73.9 Å². The minimum atomic E-state index is -0.354. The molecule has 0 saturated carbocycles. The molecule has 1 N–H and O–H groups in total. The van der Waals surface area contributed by atoms with Crippen LogP contribution in [0.2, 0.25) is 5.02 Å². The Morgan fingerprint density at radius 2 is 2.03 bits per heavy atom. The third-order valence-corrected chi connectivity index (χ3v) is 5.32. The van der Waals surface area contributed by atoms with E-state index in [1.54, 1.807) is 37.5 Å². The highest BCUT2D eigenvalue weighted by Gasteiger charge is 2.33. The van der Waals surface area contributed by atoms with E-state index in [0.29, 0.717) is 45.4 Å². The molecule has 0 saturated heterocycles. The van der Waals surface area contributed by atoms with Gasteiger partial charge < -0.3 is 19.5 Å². The van der Waals surface area contributed by atoms with Crippen molar-refractivity contribution in [1.29, 1.82) is 0 Å². The summed E-state index contributed by atoms with van der Waals surface area (Å²) in [6.07, 6.45) is 2.35. The molecule has 0 unspecified atom stereocenters. The molecule has 2 aromatic carbocycles. The van der Waals surface area contributed by atoms with Crippen LogP contribution in [0.1, 0.15) is 35.3 Å². The van der Waals surface area contributed by atoms with Crippen LogP contribution in [-0.2, 0) is 11.2 Å². The molecule has 2 aliphatic heterocycles. The Kier molecular flexibility index (Phi) is 5.20. The zero-order chi connectivity index (χ0) is 21.5. The first-order chi connectivity index (χ1) is 14.3. The number of ketones is 1. The summed E-state index contributed by atoms with van der Waals surface area (Å²) in [5, 5.41) is 3.21. The van der Waals surface area contributed by atoms with E-state index >= 15 is 0 Å². The number of Topliss-reactive ketones (excluding diaryl/α,β-unsaturated/α-hetero) is 1. The number of fused-ring (bicyclic) bond motifs is 2. The number of benzene rings is 2. The van der Waals surface area contributed by atoms with Crippen molar-refractivity contribution < 1.29 is 23.8 Å². The molecular formula is C23H22ClNO5. The van der Waals surface area contributed by atoms with Crippen LogP contribution < -0.4 is 19.5 Å². The molecule has 0 atom stereocenters. The Bertz CT molecular complexity index is 1070. The van der Waals surface area contributed by atoms with Crippen LogP contribution in [0.25, 0.3) is 5.57 Å². The first kappa shape index (κ1) is 20.3. The van der Waals surface area contributed by atoms with Crippen LogP contribution >= 0.6 is 11.6 Å². The van der Waals surface area contributed by atoms with Gasteiger partial charge in [-0.3, -0.25) is 9.59 Å². The van der Waals surface area contributed by atoms with Crippen molar-refractivity contribution in [3.8, 4) is 17.2 Å². The highest BCUT2D eigenvalue weighted by Crippen LogP contribution is 2.42. The standard InChI is InChI=1S/C23H22ClNO5/c1-23(2)11-14-8-13(9-20(28-3)21(14)30-23)18(26)12-25-22(27)16-6-7-29-19-5-4-15(24)10-17(16)19/h4-6,8-10H,7,11-12H2,1-3H3,(H,25,27). The molecule has 2 heterocycles. The van der Waals surface area contributed by atoms with Crippen LogP contribution in [0.15, 0.2) is 36.4 Å². The lowest BCUT2D eigenvalue weighted by Gasteiger charge is -2.18. The number of methoxy groups -OCH3 is 1. The smallest absolute Gasteiger partial charge is 0.252 e. The lowest BCUT2D eigenvalue weighted by molar-refractivity contribution is -0.115. The van der Waals surface area contributed by atoms with Crippen molar-refractivity contribution in [2.75, 3.05) is 20.3 Å². The van der Waals surface area contributed by atoms with Crippen LogP contribution in [0.5, 0.6) is 17.2 Å². The van der Waals surface area contributed by atoms with Crippen molar-refractivity contribution in [3.05, 3.63) is 58.1 Å². The summed E-state index contributed by atoms with van der Waals surface area (Å²) < 4.78 is 16.9. The van der Waals surface area contributed by atoms with Crippen LogP contribution in [-0.4, -0.2) is 37.6 Å². The number of hydrogen-bond donors (Lipinski definition) is 1. The molecule has 0 aromatic heterocycles. The molecule has 4 rings (SSSR count). The Morgan fingerprint density at radius 1 is 1.23 bits per heavy atom. The Labute approximate surface area is 179 Å². The number of amides is 1. The molecule has 30 heavy (non-hydrogen) atoms. The fourth-order valence-electron chi connectivity index (χ4n) is 3.73. The number of carbonyl (C=O) groups is 2. The Morgan fingerprint density at radius 3 is 2.80 bits per heavy atom. The summed E-state index contributed by atoms with van der Waals surface area (Å²) in [6.45, 7) is 4.11. The first-order valence-electron chi connectivity index (χ1n) is 9.61. The lowest BCUT2D eigenvalue weighted by atomic mass is 9.98. The summed E-state index contributed by atoms with van der Waals surface area (Å²) >= 11 is 6.06. The molecular weight excluding hydrogens is 406 g/mol. The zero-order valence-corrected chi connectivity index (χ0v) is 17.8. The molecule has 1 amide bonds. The van der Waals surface area contributed by atoms with Gasteiger partial charge in [-0.25, -0.2) is 0 Å². The van der Waals surface area contributed by atoms with Gasteiger partial charge in [0.25, 0.3) is 5.91 Å². The second kappa shape index (κ2) is 7.69. The minimum Gasteiger partial charge on any atom is -0.493 e. The fraction of sp³-hybridized carbons (Fsp3) is 0.304. The van der Waals surface area contributed by atoms with Crippen molar-refractivity contribution in [2.24, 2.45) is 0 Å². The first-order valence-corrected chi connectivity index (χ1v) is 9.99. The second-order valence-electron chi connectivity index (χ2n) is 7.88. The summed E-state index contributed by atoms with van der Waals surface area (Å²) in [7, 11) is 1.54. The number of rotatable bonds is 5. The van der Waals surface area contributed by atoms with Gasteiger partial charge in [0, 0.05) is 33.7 Å². The zero-order valence-electron chi connectivity index (χ0n) is 17.0. The van der Waals surface area contributed by atoms with Gasteiger partial charge in [0.05, 0.1) is 13.7 Å². The van der Waals surface area contributed by atoms with E-state index in [9.17, 15) is 9.59 Å². The number of halogens is 1. The monoisotopic (exact) mass is 427 g/mol. The largest absolute Gasteiger partial charge is 0.493 e. The summed E-state index contributed by atoms with van der Waals surface area (Å²) in [5.41, 5.74) is 2.09. The molecule has 6 nitrogen and oxygen atoms in total. The maximum Gasteiger partial charge on any atom is 0.252 e. The van der Waals surface area contributed by atoms with Gasteiger partial charge in [-0.1, -0.05) is 11.6 Å². The normalized spacial score (nSPS) is 15.8. The van der Waals surface area contributed by atoms with Crippen molar-refractivity contribution in [3.63, 3.8) is 0 Å². The van der Waals surface area contributed by atoms with Crippen molar-refractivity contribution in [1.82, 2.24) is 5.32 Å². The highest BCUT2D eigenvalue weighted by atomic mass is 35.5. The molecule has 0 aliphatic carbocycles. The number of nitrogens with one attached hydrogen (secondary N) is 1. The number of hydrogen-bond acceptors (Lipinski definition) is 5. The van der Waals surface area contributed by atoms with E-state index in [4.69, 9.17) is 25.8 Å². The van der Waals surface area contributed by atoms with Crippen molar-refractivity contribution >= 4 is 28.9 Å². The molecule has 156 valence electrons. The molecule has 2 aromatic rings. The number of carbonyl (C=O) groups excluding carboxylic acids is 2. The summed E-state index contributed by atoms with van der Waals surface area (Å²) in [4.78, 5) is 25.5. The highest BCUT2D eigenvalue weighted by molar-refractivity contribution is 6.31. The molecule has 0 bridgehead atoms. The second-order valence-corrected chi connectivity index (χ2v) is 8.32. The SMILES string of the molecule is COc1cc(C(=O)CNC(=O)C2=CCOc3ccc(Cl)cc32)cc2c1OC(C)(C)C2. The molecule has 0 radical (unpaired) electrons. The van der Waals surface area contributed by atoms with Gasteiger partial charge in [0.15, 0.2) is 17.3 Å². The van der Waals surface area contributed by atoms with Gasteiger partial charge in [0.2, 0.25) is 0 Å². The van der Waals surface area contributed by atoms with E-state index in [-0.39, 0.29) is 30.4 Å². The predicted molar refractivity (Wildman–Crippen MR) is 114 cm³/mol. The van der Waals surface area contributed by atoms with Gasteiger partial charge >= 0.3 is 0 Å². The molecule has 2 aliphatic rings. The van der Waals surface area contributed by atoms with E-state index in [2.05, 4.69) is 5.32 Å². The Hall–Kier alpha value is -2.99. The molecule has 7 heteroatoms. The molecule has 0 fully saturated rings. The van der Waals surface area contributed by atoms with Gasteiger partial charge in [-0.05, 0) is 50.3 Å². The van der Waals surface area contributed by atoms with Crippen LogP contribution in [0, 0.1) is 0 Å². The third-order valence-electron chi connectivity index (χ3n) is 5.08. The van der Waals surface area contributed by atoms with Gasteiger partial charge in [-0.15, -0.1) is 0 Å². The third kappa shape index (κ3) is 3.87. The van der Waals surface area contributed by atoms with Gasteiger partial charge in [0.1, 0.15) is 18.0 Å². The van der Waals surface area contributed by atoms with Gasteiger partial charge in [-0.2, -0.15) is 0 Å². The summed E-state index contributed by atoms with van der Waals surface area (Å²) in [5.74, 6) is 1.21. The Balaban J connectivity index is 1.49. The quantitative estimate of drug-likeness (QED) is 0.734. The maximum atomic E-state index is 12.8. The van der Waals surface area contributed by atoms with E-state index in [1.165, 1.54) is 0 Å². The van der Waals surface area contributed by atoms with Crippen LogP contribution in [0.4, 0.5) is 0 Å². The van der Waals surface area contributed by atoms with Crippen LogP contribution in [0.3, 0.4) is 0 Å². The summed E-state index contributed by atoms with van der Waals surface area (Å²) in [6, 6.07) is 8.57. The van der Waals surface area contributed by atoms with E-state index < -0.39 is 0 Å².